The normalized spacial score (nSPS) is 17.7. The Hall–Kier alpha value is -2.58. The van der Waals surface area contributed by atoms with Crippen LogP contribution in [0, 0.1) is 0 Å². The van der Waals surface area contributed by atoms with Crippen LogP contribution >= 0.6 is 0 Å². The van der Waals surface area contributed by atoms with Gasteiger partial charge in [-0.15, -0.1) is 0 Å². The van der Waals surface area contributed by atoms with Gasteiger partial charge < -0.3 is 10.3 Å². The molecule has 0 fully saturated rings. The van der Waals surface area contributed by atoms with E-state index in [9.17, 15) is 0 Å². The molecule has 1 aliphatic heterocycles. The van der Waals surface area contributed by atoms with E-state index in [4.69, 9.17) is 0 Å². The molecule has 2 N–H and O–H groups in total. The summed E-state index contributed by atoms with van der Waals surface area (Å²) in [7, 11) is 0. The maximum Gasteiger partial charge on any atom is 0.0462 e. The Morgan fingerprint density at radius 3 is 2.81 bits per heavy atom. The third kappa shape index (κ3) is 3.66. The summed E-state index contributed by atoms with van der Waals surface area (Å²) < 4.78 is 0. The van der Waals surface area contributed by atoms with Crippen LogP contribution in [-0.2, 0) is 6.42 Å². The first-order valence-electron chi connectivity index (χ1n) is 9.58. The van der Waals surface area contributed by atoms with Gasteiger partial charge in [0, 0.05) is 29.2 Å². The van der Waals surface area contributed by atoms with Crippen molar-refractivity contribution >= 4 is 22.6 Å². The van der Waals surface area contributed by atoms with E-state index in [2.05, 4.69) is 90.0 Å². The molecule has 1 atom stereocenters. The van der Waals surface area contributed by atoms with Crippen molar-refractivity contribution in [1.29, 1.82) is 0 Å². The van der Waals surface area contributed by atoms with Crippen LogP contribution in [0.15, 0.2) is 66.7 Å². The molecule has 4 rings (SSSR count). The van der Waals surface area contributed by atoms with E-state index in [1.165, 1.54) is 33.3 Å². The highest BCUT2D eigenvalue weighted by Crippen LogP contribution is 2.25. The summed E-state index contributed by atoms with van der Waals surface area (Å²) in [6, 6.07) is 20.0. The third-order valence-corrected chi connectivity index (χ3v) is 5.22. The highest BCUT2D eigenvalue weighted by Gasteiger charge is 2.14. The minimum Gasteiger partial charge on any atom is -0.358 e. The van der Waals surface area contributed by atoms with E-state index < -0.39 is 0 Å². The number of nitrogens with one attached hydrogen (secondary N) is 2. The molecular formula is C24H26N2. The van der Waals surface area contributed by atoms with Crippen LogP contribution in [0.25, 0.3) is 22.6 Å². The van der Waals surface area contributed by atoms with Crippen molar-refractivity contribution in [3.8, 4) is 0 Å². The zero-order valence-electron chi connectivity index (χ0n) is 15.3. The average Bonchev–Trinajstić information content (AvgIpc) is 3.13. The Labute approximate surface area is 155 Å². The lowest BCUT2D eigenvalue weighted by Gasteiger charge is -2.23. The van der Waals surface area contributed by atoms with Gasteiger partial charge in [-0.1, -0.05) is 67.6 Å². The molecule has 0 radical (unpaired) electrons. The van der Waals surface area contributed by atoms with Gasteiger partial charge in [-0.3, -0.25) is 0 Å². The Kier molecular flexibility index (Phi) is 5.03. The van der Waals surface area contributed by atoms with Crippen molar-refractivity contribution in [3.63, 3.8) is 0 Å². The van der Waals surface area contributed by atoms with Crippen LogP contribution in [0.5, 0.6) is 0 Å². The number of hydrogen-bond acceptors (Lipinski definition) is 1. The molecule has 0 saturated carbocycles. The Morgan fingerprint density at radius 1 is 1.08 bits per heavy atom. The van der Waals surface area contributed by atoms with E-state index in [1.54, 1.807) is 0 Å². The lowest BCUT2D eigenvalue weighted by Crippen LogP contribution is -2.32. The first-order chi connectivity index (χ1) is 12.8. The molecule has 2 aromatic carbocycles. The summed E-state index contributed by atoms with van der Waals surface area (Å²) in [5.41, 5.74) is 6.64. The number of fused-ring (bicyclic) bond motifs is 1. The van der Waals surface area contributed by atoms with E-state index in [1.807, 2.05) is 0 Å². The van der Waals surface area contributed by atoms with Gasteiger partial charge >= 0.3 is 0 Å². The molecule has 0 bridgehead atoms. The molecule has 2 nitrogen and oxygen atoms in total. The molecule has 26 heavy (non-hydrogen) atoms. The van der Waals surface area contributed by atoms with Crippen LogP contribution < -0.4 is 5.32 Å². The van der Waals surface area contributed by atoms with Gasteiger partial charge in [-0.25, -0.2) is 0 Å². The fourth-order valence-electron chi connectivity index (χ4n) is 3.76. The molecule has 132 valence electrons. The van der Waals surface area contributed by atoms with Gasteiger partial charge in [-0.05, 0) is 48.1 Å². The molecule has 2 heterocycles. The van der Waals surface area contributed by atoms with Crippen LogP contribution in [0.2, 0.25) is 0 Å². The van der Waals surface area contributed by atoms with Crippen LogP contribution in [-0.4, -0.2) is 17.6 Å². The molecule has 1 unspecified atom stereocenters. The first kappa shape index (κ1) is 16.9. The summed E-state index contributed by atoms with van der Waals surface area (Å²) in [6.07, 6.45) is 10.1. The molecule has 2 heteroatoms. The Morgan fingerprint density at radius 2 is 1.96 bits per heavy atom. The number of hydrogen-bond donors (Lipinski definition) is 2. The molecule has 0 amide bonds. The smallest absolute Gasteiger partial charge is 0.0462 e. The largest absolute Gasteiger partial charge is 0.358 e. The summed E-state index contributed by atoms with van der Waals surface area (Å²) in [4.78, 5) is 3.50. The van der Waals surface area contributed by atoms with Gasteiger partial charge in [0.15, 0.2) is 0 Å². The molecule has 0 spiro atoms. The van der Waals surface area contributed by atoms with E-state index in [0.29, 0.717) is 6.04 Å². The Bertz CT molecular complexity index is 931. The number of H-pyrrole nitrogens is 1. The van der Waals surface area contributed by atoms with Gasteiger partial charge in [0.1, 0.15) is 0 Å². The predicted octanol–water partition coefficient (Wildman–Crippen LogP) is 5.58. The van der Waals surface area contributed by atoms with Crippen molar-refractivity contribution < 1.29 is 0 Å². The topological polar surface area (TPSA) is 27.8 Å². The fourth-order valence-corrected chi connectivity index (χ4v) is 3.76. The third-order valence-electron chi connectivity index (χ3n) is 5.22. The van der Waals surface area contributed by atoms with E-state index in [-0.39, 0.29) is 0 Å². The number of aromatic amines is 1. The first-order valence-corrected chi connectivity index (χ1v) is 9.58. The SMILES string of the molecule is CCc1cc2c(/C=C/CC3CC(c4ccccc4)=CCN3)cccc2[nH]1. The number of aromatic nitrogens is 1. The van der Waals surface area contributed by atoms with Crippen LogP contribution in [0.4, 0.5) is 0 Å². The summed E-state index contributed by atoms with van der Waals surface area (Å²) >= 11 is 0. The van der Waals surface area contributed by atoms with Crippen LogP contribution in [0.3, 0.4) is 0 Å². The minimum atomic E-state index is 0.503. The van der Waals surface area contributed by atoms with Crippen molar-refractivity contribution in [1.82, 2.24) is 10.3 Å². The lowest BCUT2D eigenvalue weighted by molar-refractivity contribution is 0.542. The quantitative estimate of drug-likeness (QED) is 0.622. The second kappa shape index (κ2) is 7.76. The van der Waals surface area contributed by atoms with Crippen molar-refractivity contribution in [3.05, 3.63) is 83.6 Å². The maximum absolute atomic E-state index is 3.62. The molecule has 1 aliphatic rings. The standard InChI is InChI=1S/C24H26N2/c1-2-21-17-23-19(11-7-13-24(23)26-21)10-6-12-22-16-20(14-15-25-22)18-8-4-3-5-9-18/h3-11,13-14,17,22,25-26H,2,12,15-16H2,1H3/b10-6+. The second-order valence-electron chi connectivity index (χ2n) is 7.00. The highest BCUT2D eigenvalue weighted by molar-refractivity contribution is 5.89. The van der Waals surface area contributed by atoms with Gasteiger partial charge in [0.05, 0.1) is 0 Å². The Balaban J connectivity index is 1.44. The monoisotopic (exact) mass is 342 g/mol. The second-order valence-corrected chi connectivity index (χ2v) is 7.00. The minimum absolute atomic E-state index is 0.503. The highest BCUT2D eigenvalue weighted by atomic mass is 14.9. The molecule has 3 aromatic rings. The number of aryl methyl sites for hydroxylation is 1. The van der Waals surface area contributed by atoms with E-state index >= 15 is 0 Å². The van der Waals surface area contributed by atoms with Crippen molar-refractivity contribution in [2.24, 2.45) is 0 Å². The number of benzene rings is 2. The summed E-state index contributed by atoms with van der Waals surface area (Å²) in [6.45, 7) is 3.14. The molecule has 0 saturated heterocycles. The van der Waals surface area contributed by atoms with Crippen molar-refractivity contribution in [2.45, 2.75) is 32.2 Å². The molecule has 0 aliphatic carbocycles. The zero-order valence-corrected chi connectivity index (χ0v) is 15.3. The van der Waals surface area contributed by atoms with Crippen LogP contribution in [0.1, 0.15) is 36.6 Å². The van der Waals surface area contributed by atoms with E-state index in [0.717, 1.165) is 25.8 Å². The predicted molar refractivity (Wildman–Crippen MR) is 112 cm³/mol. The maximum atomic E-state index is 3.62. The van der Waals surface area contributed by atoms with Crippen molar-refractivity contribution in [2.75, 3.05) is 6.54 Å². The summed E-state index contributed by atoms with van der Waals surface area (Å²) in [5.74, 6) is 0. The lowest BCUT2D eigenvalue weighted by atomic mass is 9.93. The molecular weight excluding hydrogens is 316 g/mol. The van der Waals surface area contributed by atoms with Gasteiger partial charge in [0.25, 0.3) is 0 Å². The fraction of sp³-hybridized carbons (Fsp3) is 0.250. The number of rotatable bonds is 5. The molecule has 1 aromatic heterocycles. The zero-order chi connectivity index (χ0) is 17.8. The average molecular weight is 342 g/mol. The summed E-state index contributed by atoms with van der Waals surface area (Å²) in [5, 5.41) is 4.94. The van der Waals surface area contributed by atoms with Gasteiger partial charge in [0.2, 0.25) is 0 Å². The van der Waals surface area contributed by atoms with Gasteiger partial charge in [-0.2, -0.15) is 0 Å².